The summed E-state index contributed by atoms with van der Waals surface area (Å²) in [5.41, 5.74) is 11.7. The number of hydrogen-bond donors (Lipinski definition) is 0. The van der Waals surface area contributed by atoms with Gasteiger partial charge in [0.2, 0.25) is 0 Å². The molecule has 2 radical (unpaired) electrons. The molecule has 0 aliphatic heterocycles. The van der Waals surface area contributed by atoms with Crippen molar-refractivity contribution in [3.05, 3.63) is 44.6 Å². The second-order valence-electron chi connectivity index (χ2n) is 7.56. The molecule has 0 aromatic rings. The number of hydrogen-bond acceptors (Lipinski definition) is 0. The summed E-state index contributed by atoms with van der Waals surface area (Å²) in [7, 11) is -1.23. The van der Waals surface area contributed by atoms with Crippen molar-refractivity contribution < 1.29 is 40.1 Å². The van der Waals surface area contributed by atoms with E-state index in [0.29, 0.717) is 0 Å². The predicted molar refractivity (Wildman–Crippen MR) is 102 cm³/mol. The molecule has 2 rings (SSSR count). The third-order valence-electron chi connectivity index (χ3n) is 7.25. The summed E-state index contributed by atoms with van der Waals surface area (Å²) in [5, 5.41) is 0.0606. The van der Waals surface area contributed by atoms with Gasteiger partial charge in [-0.2, -0.15) is 11.1 Å². The predicted octanol–water partition coefficient (Wildman–Crippen LogP) is 4.11. The van der Waals surface area contributed by atoms with Crippen molar-refractivity contribution >= 4 is 19.2 Å². The summed E-state index contributed by atoms with van der Waals surface area (Å²) in [5.74, 6) is 0. The molecule has 0 aromatic carbocycles. The zero-order valence-electron chi connectivity index (χ0n) is 17.0. The molecular weight excluding hydrogens is 540 g/mol. The van der Waals surface area contributed by atoms with Crippen LogP contribution in [0.3, 0.4) is 0 Å². The fraction of sp³-hybridized carbons (Fsp3) is 0.600. The van der Waals surface area contributed by atoms with Crippen molar-refractivity contribution in [2.45, 2.75) is 79.3 Å². The standard InChI is InChI=1S/C20H30ClSi.ClH.Hg/c1-11-12(2)16(6)19(9,15(11)5)22(21)20(10)17(7)13(3)14(4)18(20)8;;/h1-10H3;1H;/q;;+1/p-1. The number of rotatable bonds is 2. The molecule has 0 N–H and O–H groups in total. The molecule has 0 nitrogen and oxygen atoms in total. The molecule has 0 saturated carbocycles. The minimum Gasteiger partial charge on any atom is -1.00 e. The largest absolute Gasteiger partial charge is 1.00 e. The van der Waals surface area contributed by atoms with Crippen LogP contribution in [0.2, 0.25) is 10.1 Å². The third kappa shape index (κ3) is 2.90. The van der Waals surface area contributed by atoms with E-state index in [2.05, 4.69) is 69.2 Å². The molecule has 0 aromatic heterocycles. The van der Waals surface area contributed by atoms with E-state index in [1.165, 1.54) is 44.6 Å². The molecule has 0 saturated heterocycles. The van der Waals surface area contributed by atoms with Crippen LogP contribution in [0.4, 0.5) is 0 Å². The van der Waals surface area contributed by atoms with Crippen molar-refractivity contribution in [2.75, 3.05) is 0 Å². The summed E-state index contributed by atoms with van der Waals surface area (Å²) in [6.07, 6.45) is 0. The monoisotopic (exact) mass is 570 g/mol. The zero-order valence-corrected chi connectivity index (χ0v) is 25.0. The van der Waals surface area contributed by atoms with Gasteiger partial charge in [0.1, 0.15) is 0 Å². The van der Waals surface area contributed by atoms with Crippen LogP contribution in [0.1, 0.15) is 69.2 Å². The normalized spacial score (nSPS) is 22.5. The average Bonchev–Trinajstić information content (AvgIpc) is 2.75. The summed E-state index contributed by atoms with van der Waals surface area (Å²) < 4.78 is 0. The van der Waals surface area contributed by atoms with E-state index >= 15 is 0 Å². The van der Waals surface area contributed by atoms with Crippen LogP contribution in [0.15, 0.2) is 44.6 Å². The van der Waals surface area contributed by atoms with Crippen LogP contribution < -0.4 is 12.4 Å². The molecular formula is C20H30Cl2HgSi. The first-order valence-electron chi connectivity index (χ1n) is 8.19. The fourth-order valence-electron chi connectivity index (χ4n) is 4.35. The van der Waals surface area contributed by atoms with Gasteiger partial charge in [0.25, 0.3) is 0 Å². The van der Waals surface area contributed by atoms with E-state index in [4.69, 9.17) is 11.1 Å². The Labute approximate surface area is 182 Å². The van der Waals surface area contributed by atoms with E-state index in [9.17, 15) is 0 Å². The van der Waals surface area contributed by atoms with Crippen molar-refractivity contribution in [3.63, 3.8) is 0 Å². The van der Waals surface area contributed by atoms with Crippen LogP contribution in [-0.2, 0) is 27.7 Å². The van der Waals surface area contributed by atoms with E-state index < -0.39 is 8.11 Å². The maximum atomic E-state index is 7.38. The first-order chi connectivity index (χ1) is 9.93. The molecule has 2 aliphatic carbocycles. The van der Waals surface area contributed by atoms with E-state index in [-0.39, 0.29) is 50.2 Å². The minimum atomic E-state index is -1.23. The first kappa shape index (κ1) is 24.7. The molecule has 0 amide bonds. The average molecular weight is 570 g/mol. The van der Waals surface area contributed by atoms with Gasteiger partial charge in [-0.05, 0) is 77.7 Å². The van der Waals surface area contributed by atoms with E-state index in [1.54, 1.807) is 0 Å². The minimum absolute atomic E-state index is 0. The SMILES string of the molecule is CC1=C(C)C(C)([Si](Cl)C2(C)C(C)=C(C)C(C)=C2C)C(C)=C1C.[Cl-].[Hg+]. The van der Waals surface area contributed by atoms with Gasteiger partial charge in [-0.25, -0.2) is 0 Å². The second-order valence-corrected chi connectivity index (χ2v) is 11.3. The molecule has 130 valence electrons. The van der Waals surface area contributed by atoms with Gasteiger partial charge in [0.05, 0.1) is 0 Å². The van der Waals surface area contributed by atoms with E-state index in [1.807, 2.05) is 0 Å². The Hall–Kier alpha value is 0.692. The van der Waals surface area contributed by atoms with Gasteiger partial charge in [0.15, 0.2) is 8.11 Å². The van der Waals surface area contributed by atoms with Gasteiger partial charge in [-0.1, -0.05) is 36.1 Å². The Morgan fingerprint density at radius 2 is 0.750 bits per heavy atom. The maximum absolute atomic E-state index is 7.38. The number of halogens is 2. The Kier molecular flexibility index (Phi) is 7.97. The molecule has 0 fully saturated rings. The molecule has 0 bridgehead atoms. The van der Waals surface area contributed by atoms with Gasteiger partial charge >= 0.3 is 27.7 Å². The Balaban J connectivity index is 0.00000264. The van der Waals surface area contributed by atoms with Crippen LogP contribution in [0.25, 0.3) is 0 Å². The maximum Gasteiger partial charge on any atom is 1.00 e. The Bertz CT molecular complexity index is 574. The van der Waals surface area contributed by atoms with E-state index in [0.717, 1.165) is 0 Å². The van der Waals surface area contributed by atoms with Gasteiger partial charge in [-0.15, -0.1) is 0 Å². The summed E-state index contributed by atoms with van der Waals surface area (Å²) in [6, 6.07) is 0. The van der Waals surface area contributed by atoms with Gasteiger partial charge in [-0.3, -0.25) is 0 Å². The molecule has 24 heavy (non-hydrogen) atoms. The summed E-state index contributed by atoms with van der Waals surface area (Å²) in [6.45, 7) is 22.9. The molecule has 4 heteroatoms. The molecule has 0 heterocycles. The van der Waals surface area contributed by atoms with Gasteiger partial charge < -0.3 is 12.4 Å². The summed E-state index contributed by atoms with van der Waals surface area (Å²) in [4.78, 5) is 0. The van der Waals surface area contributed by atoms with Crippen molar-refractivity contribution in [2.24, 2.45) is 0 Å². The molecule has 0 unspecified atom stereocenters. The van der Waals surface area contributed by atoms with Crippen LogP contribution >= 0.6 is 11.1 Å². The fourth-order valence-corrected chi connectivity index (χ4v) is 9.11. The Morgan fingerprint density at radius 1 is 0.583 bits per heavy atom. The van der Waals surface area contributed by atoms with Crippen molar-refractivity contribution in [1.29, 1.82) is 0 Å². The van der Waals surface area contributed by atoms with Crippen LogP contribution in [0, 0.1) is 0 Å². The third-order valence-corrected chi connectivity index (χ3v) is 12.8. The van der Waals surface area contributed by atoms with Gasteiger partial charge in [0, 0.05) is 10.1 Å². The van der Waals surface area contributed by atoms with Crippen molar-refractivity contribution in [3.8, 4) is 0 Å². The first-order valence-corrected chi connectivity index (χ1v) is 10.7. The second kappa shape index (κ2) is 7.74. The summed E-state index contributed by atoms with van der Waals surface area (Å²) >= 11 is 7.38. The molecule has 0 spiro atoms. The molecule has 2 aliphatic rings. The van der Waals surface area contributed by atoms with Crippen LogP contribution in [0.5, 0.6) is 0 Å². The van der Waals surface area contributed by atoms with Crippen molar-refractivity contribution in [1.82, 2.24) is 0 Å². The number of allylic oxidation sites excluding steroid dienone is 8. The molecule has 0 atom stereocenters. The Morgan fingerprint density at radius 3 is 0.917 bits per heavy atom. The topological polar surface area (TPSA) is 0 Å². The quantitative estimate of drug-likeness (QED) is 0.347. The van der Waals surface area contributed by atoms with Crippen LogP contribution in [-0.4, -0.2) is 8.11 Å². The zero-order chi connectivity index (χ0) is 17.2. The smallest absolute Gasteiger partial charge is 1.00 e.